The van der Waals surface area contributed by atoms with Crippen LogP contribution in [-0.2, 0) is 14.8 Å². The summed E-state index contributed by atoms with van der Waals surface area (Å²) < 4.78 is 23.4. The van der Waals surface area contributed by atoms with E-state index in [9.17, 15) is 18.0 Å². The van der Waals surface area contributed by atoms with Crippen LogP contribution in [0.25, 0.3) is 0 Å². The first-order chi connectivity index (χ1) is 13.3. The third-order valence-electron chi connectivity index (χ3n) is 4.68. The standard InChI is InChI=1S/C19H22N4O4S/c1-3-22(4-2)19(25)23-16-11-10-14(28(20,26)27)12-15(16)21-18(24)17(23)13-8-6-5-7-9-13/h5-12,17H,3-4H2,1-2H3,(H,21,24)(H2,20,26,27). The summed E-state index contributed by atoms with van der Waals surface area (Å²) in [5.41, 5.74) is 1.30. The van der Waals surface area contributed by atoms with Gasteiger partial charge in [-0.05, 0) is 37.6 Å². The molecule has 0 aromatic heterocycles. The molecule has 1 aliphatic heterocycles. The fourth-order valence-corrected chi connectivity index (χ4v) is 3.80. The minimum atomic E-state index is -3.95. The van der Waals surface area contributed by atoms with Gasteiger partial charge in [0, 0.05) is 13.1 Å². The van der Waals surface area contributed by atoms with E-state index in [0.29, 0.717) is 24.3 Å². The van der Waals surface area contributed by atoms with E-state index < -0.39 is 22.0 Å². The SMILES string of the molecule is CCN(CC)C(=O)N1c2ccc(S(N)(=O)=O)cc2NC(=O)C1c1ccccc1. The Morgan fingerprint density at radius 2 is 1.79 bits per heavy atom. The number of nitrogens with two attached hydrogens (primary N) is 1. The summed E-state index contributed by atoms with van der Waals surface area (Å²) in [5, 5.41) is 7.91. The van der Waals surface area contributed by atoms with E-state index in [1.165, 1.54) is 23.1 Å². The van der Waals surface area contributed by atoms with Gasteiger partial charge in [0.15, 0.2) is 0 Å². The Balaban J connectivity index is 2.18. The van der Waals surface area contributed by atoms with Crippen LogP contribution in [0.4, 0.5) is 16.2 Å². The number of hydrogen-bond donors (Lipinski definition) is 2. The van der Waals surface area contributed by atoms with Gasteiger partial charge >= 0.3 is 6.03 Å². The average molecular weight is 402 g/mol. The van der Waals surface area contributed by atoms with Crippen LogP contribution < -0.4 is 15.4 Å². The zero-order valence-corrected chi connectivity index (χ0v) is 16.4. The lowest BCUT2D eigenvalue weighted by Crippen LogP contribution is -2.50. The number of nitrogens with zero attached hydrogens (tertiary/aromatic N) is 2. The molecule has 0 saturated carbocycles. The summed E-state index contributed by atoms with van der Waals surface area (Å²) in [5.74, 6) is -0.425. The second-order valence-electron chi connectivity index (χ2n) is 6.35. The highest BCUT2D eigenvalue weighted by Gasteiger charge is 2.39. The molecule has 0 radical (unpaired) electrons. The van der Waals surface area contributed by atoms with Crippen molar-refractivity contribution < 1.29 is 18.0 Å². The number of amides is 3. The van der Waals surface area contributed by atoms with Crippen LogP contribution in [0.2, 0.25) is 0 Å². The van der Waals surface area contributed by atoms with E-state index in [4.69, 9.17) is 5.14 Å². The van der Waals surface area contributed by atoms with Crippen molar-refractivity contribution in [2.45, 2.75) is 24.8 Å². The molecule has 1 atom stereocenters. The summed E-state index contributed by atoms with van der Waals surface area (Å²) in [6, 6.07) is 11.8. The first kappa shape index (κ1) is 19.8. The van der Waals surface area contributed by atoms with Gasteiger partial charge in [-0.25, -0.2) is 18.4 Å². The van der Waals surface area contributed by atoms with Crippen LogP contribution in [0, 0.1) is 0 Å². The number of benzene rings is 2. The summed E-state index contributed by atoms with van der Waals surface area (Å²) in [4.78, 5) is 29.1. The summed E-state index contributed by atoms with van der Waals surface area (Å²) in [7, 11) is -3.95. The Hall–Kier alpha value is -2.91. The Kier molecular flexibility index (Phi) is 5.39. The molecule has 148 valence electrons. The molecule has 0 saturated heterocycles. The van der Waals surface area contributed by atoms with Gasteiger partial charge in [0.05, 0.1) is 16.3 Å². The summed E-state index contributed by atoms with van der Waals surface area (Å²) in [6.45, 7) is 4.65. The van der Waals surface area contributed by atoms with E-state index in [2.05, 4.69) is 5.32 Å². The lowest BCUT2D eigenvalue weighted by atomic mass is 10.0. The monoisotopic (exact) mass is 402 g/mol. The van der Waals surface area contributed by atoms with Gasteiger partial charge in [-0.2, -0.15) is 0 Å². The third kappa shape index (κ3) is 3.58. The number of carbonyl (C=O) groups excluding carboxylic acids is 2. The van der Waals surface area contributed by atoms with E-state index >= 15 is 0 Å². The maximum atomic E-state index is 13.3. The minimum Gasteiger partial charge on any atom is -0.325 e. The maximum Gasteiger partial charge on any atom is 0.325 e. The van der Waals surface area contributed by atoms with Gasteiger partial charge in [0.2, 0.25) is 10.0 Å². The number of rotatable bonds is 4. The first-order valence-corrected chi connectivity index (χ1v) is 10.4. The second-order valence-corrected chi connectivity index (χ2v) is 7.91. The molecule has 1 aliphatic rings. The highest BCUT2D eigenvalue weighted by molar-refractivity contribution is 7.89. The predicted octanol–water partition coefficient (Wildman–Crippen LogP) is 2.30. The number of carbonyl (C=O) groups is 2. The van der Waals surface area contributed by atoms with Crippen molar-refractivity contribution in [2.75, 3.05) is 23.3 Å². The van der Waals surface area contributed by atoms with Crippen LogP contribution in [-0.4, -0.2) is 38.3 Å². The van der Waals surface area contributed by atoms with Gasteiger partial charge < -0.3 is 10.2 Å². The quantitative estimate of drug-likeness (QED) is 0.817. The maximum absolute atomic E-state index is 13.3. The van der Waals surface area contributed by atoms with Gasteiger partial charge in [0.25, 0.3) is 5.91 Å². The van der Waals surface area contributed by atoms with Crippen LogP contribution in [0.15, 0.2) is 53.4 Å². The molecule has 9 heteroatoms. The van der Waals surface area contributed by atoms with E-state index in [1.807, 2.05) is 19.9 Å². The average Bonchev–Trinajstić information content (AvgIpc) is 2.67. The number of nitrogens with one attached hydrogen (secondary N) is 1. The van der Waals surface area contributed by atoms with E-state index in [-0.39, 0.29) is 16.6 Å². The molecular weight excluding hydrogens is 380 g/mol. The minimum absolute atomic E-state index is 0.139. The third-order valence-corrected chi connectivity index (χ3v) is 5.59. The highest BCUT2D eigenvalue weighted by Crippen LogP contribution is 2.40. The zero-order chi connectivity index (χ0) is 20.5. The van der Waals surface area contributed by atoms with Gasteiger partial charge in [0.1, 0.15) is 6.04 Å². The van der Waals surface area contributed by atoms with Crippen molar-refractivity contribution in [3.63, 3.8) is 0 Å². The van der Waals surface area contributed by atoms with Crippen LogP contribution >= 0.6 is 0 Å². The molecule has 0 bridgehead atoms. The number of sulfonamides is 1. The zero-order valence-electron chi connectivity index (χ0n) is 15.6. The molecular formula is C19H22N4O4S. The normalized spacial score (nSPS) is 16.3. The van der Waals surface area contributed by atoms with Crippen molar-refractivity contribution in [1.82, 2.24) is 4.90 Å². The lowest BCUT2D eigenvalue weighted by molar-refractivity contribution is -0.117. The molecule has 0 fully saturated rings. The lowest BCUT2D eigenvalue weighted by Gasteiger charge is -2.39. The first-order valence-electron chi connectivity index (χ1n) is 8.88. The number of fused-ring (bicyclic) bond motifs is 1. The molecule has 1 unspecified atom stereocenters. The Morgan fingerprint density at radius 3 is 2.36 bits per heavy atom. The Bertz CT molecular complexity index is 1000. The van der Waals surface area contributed by atoms with Crippen molar-refractivity contribution >= 4 is 33.3 Å². The van der Waals surface area contributed by atoms with Gasteiger partial charge in [-0.3, -0.25) is 9.69 Å². The molecule has 8 nitrogen and oxygen atoms in total. The molecule has 3 N–H and O–H groups in total. The van der Waals surface area contributed by atoms with Crippen LogP contribution in [0.5, 0.6) is 0 Å². The number of urea groups is 1. The smallest absolute Gasteiger partial charge is 0.325 e. The van der Waals surface area contributed by atoms with E-state index in [1.54, 1.807) is 29.2 Å². The Morgan fingerprint density at radius 1 is 1.14 bits per heavy atom. The second kappa shape index (κ2) is 7.61. The molecule has 0 spiro atoms. The summed E-state index contributed by atoms with van der Waals surface area (Å²) in [6.07, 6.45) is 0. The van der Waals surface area contributed by atoms with Crippen molar-refractivity contribution in [1.29, 1.82) is 0 Å². The molecule has 1 heterocycles. The molecule has 2 aromatic carbocycles. The molecule has 28 heavy (non-hydrogen) atoms. The highest BCUT2D eigenvalue weighted by atomic mass is 32.2. The predicted molar refractivity (Wildman–Crippen MR) is 106 cm³/mol. The number of anilines is 2. The fraction of sp³-hybridized carbons (Fsp3) is 0.263. The van der Waals surface area contributed by atoms with Gasteiger partial charge in [-0.15, -0.1) is 0 Å². The fourth-order valence-electron chi connectivity index (χ4n) is 3.26. The molecule has 3 rings (SSSR count). The van der Waals surface area contributed by atoms with Gasteiger partial charge in [-0.1, -0.05) is 30.3 Å². The summed E-state index contributed by atoms with van der Waals surface area (Å²) >= 11 is 0. The van der Waals surface area contributed by atoms with Crippen molar-refractivity contribution in [2.24, 2.45) is 5.14 Å². The molecule has 2 aromatic rings. The number of primary sulfonamides is 1. The topological polar surface area (TPSA) is 113 Å². The van der Waals surface area contributed by atoms with Crippen molar-refractivity contribution in [3.05, 3.63) is 54.1 Å². The van der Waals surface area contributed by atoms with Crippen LogP contribution in [0.3, 0.4) is 0 Å². The largest absolute Gasteiger partial charge is 0.325 e. The van der Waals surface area contributed by atoms with Crippen molar-refractivity contribution in [3.8, 4) is 0 Å². The molecule has 3 amide bonds. The van der Waals surface area contributed by atoms with E-state index in [0.717, 1.165) is 0 Å². The Labute approximate surface area is 164 Å². The number of hydrogen-bond acceptors (Lipinski definition) is 4. The van der Waals surface area contributed by atoms with Crippen LogP contribution in [0.1, 0.15) is 25.5 Å². The molecule has 0 aliphatic carbocycles.